The highest BCUT2D eigenvalue weighted by molar-refractivity contribution is 4.82. The van der Waals surface area contributed by atoms with Crippen molar-refractivity contribution in [2.24, 2.45) is 11.8 Å². The number of hydrogen-bond acceptors (Lipinski definition) is 0. The second-order valence-electron chi connectivity index (χ2n) is 3.37. The van der Waals surface area contributed by atoms with Crippen molar-refractivity contribution in [3.63, 3.8) is 0 Å². The molecule has 1 aliphatic heterocycles. The lowest BCUT2D eigenvalue weighted by Crippen LogP contribution is -2.28. The minimum Gasteiger partial charge on any atom is -0.241 e. The Labute approximate surface area is 56.8 Å². The molecule has 1 saturated carbocycles. The molecular weight excluding hydrogens is 110 g/mol. The summed E-state index contributed by atoms with van der Waals surface area (Å²) in [6.45, 7) is 2.34. The summed E-state index contributed by atoms with van der Waals surface area (Å²) < 4.78 is 0. The molecule has 1 saturated heterocycles. The lowest BCUT2D eigenvalue weighted by atomic mass is 9.90. The molecule has 0 spiro atoms. The van der Waals surface area contributed by atoms with Gasteiger partial charge in [0.15, 0.2) is 0 Å². The van der Waals surface area contributed by atoms with Crippen LogP contribution in [0.2, 0.25) is 0 Å². The second-order valence-corrected chi connectivity index (χ2v) is 3.37. The van der Waals surface area contributed by atoms with Gasteiger partial charge in [-0.2, -0.15) is 0 Å². The fourth-order valence-corrected chi connectivity index (χ4v) is 2.25. The molecule has 2 fully saturated rings. The van der Waals surface area contributed by atoms with Crippen LogP contribution >= 0.6 is 0 Å². The Morgan fingerprint density at radius 3 is 2.78 bits per heavy atom. The minimum atomic E-state index is 0.999. The third kappa shape index (κ3) is 0.983. The Balaban J connectivity index is 1.97. The van der Waals surface area contributed by atoms with Gasteiger partial charge in [-0.1, -0.05) is 12.8 Å². The maximum Gasteiger partial charge on any atom is 0.0164 e. The van der Waals surface area contributed by atoms with Crippen molar-refractivity contribution < 1.29 is 0 Å². The Hall–Kier alpha value is -0.0400. The van der Waals surface area contributed by atoms with Crippen LogP contribution in [0.4, 0.5) is 0 Å². The van der Waals surface area contributed by atoms with E-state index in [0.29, 0.717) is 0 Å². The molecule has 1 heteroatoms. The molecule has 2 atom stereocenters. The molecule has 1 aliphatic carbocycles. The van der Waals surface area contributed by atoms with Gasteiger partial charge in [0.1, 0.15) is 0 Å². The molecule has 0 amide bonds. The van der Waals surface area contributed by atoms with Crippen LogP contribution in [0.15, 0.2) is 0 Å². The summed E-state index contributed by atoms with van der Waals surface area (Å²) in [5, 5.41) is 4.42. The van der Waals surface area contributed by atoms with E-state index in [-0.39, 0.29) is 0 Å². The van der Waals surface area contributed by atoms with Gasteiger partial charge in [0, 0.05) is 13.1 Å². The summed E-state index contributed by atoms with van der Waals surface area (Å²) in [7, 11) is 0. The summed E-state index contributed by atoms with van der Waals surface area (Å²) in [5.74, 6) is 2.07. The lowest BCUT2D eigenvalue weighted by molar-refractivity contribution is 0.291. The molecule has 0 aromatic carbocycles. The number of hydrogen-bond donors (Lipinski definition) is 0. The second kappa shape index (κ2) is 2.30. The van der Waals surface area contributed by atoms with Crippen molar-refractivity contribution in [2.45, 2.75) is 25.7 Å². The lowest BCUT2D eigenvalue weighted by Gasteiger charge is -2.24. The van der Waals surface area contributed by atoms with Crippen LogP contribution in [0.5, 0.6) is 0 Å². The molecule has 1 radical (unpaired) electrons. The van der Waals surface area contributed by atoms with E-state index in [9.17, 15) is 0 Å². The van der Waals surface area contributed by atoms with Gasteiger partial charge in [-0.3, -0.25) is 0 Å². The largest absolute Gasteiger partial charge is 0.241 e. The fourth-order valence-electron chi connectivity index (χ4n) is 2.25. The van der Waals surface area contributed by atoms with Crippen LogP contribution < -0.4 is 5.32 Å². The molecule has 0 unspecified atom stereocenters. The van der Waals surface area contributed by atoms with Gasteiger partial charge >= 0.3 is 0 Å². The molecule has 0 N–H and O–H groups in total. The first-order valence-electron chi connectivity index (χ1n) is 4.10. The Bertz CT molecular complexity index is 88.7. The van der Waals surface area contributed by atoms with E-state index in [4.69, 9.17) is 0 Å². The van der Waals surface area contributed by atoms with Crippen LogP contribution in [-0.2, 0) is 0 Å². The predicted molar refractivity (Wildman–Crippen MR) is 37.3 cm³/mol. The standard InChI is InChI=1S/C8H14N/c1-2-7-4-5-9-6-8(7)3-1/h7-8H,1-6H2/t7-,8-/m1/s1. The van der Waals surface area contributed by atoms with E-state index in [1.165, 1.54) is 32.2 Å². The van der Waals surface area contributed by atoms with Crippen LogP contribution in [0.1, 0.15) is 25.7 Å². The summed E-state index contributed by atoms with van der Waals surface area (Å²) in [4.78, 5) is 0. The molecule has 51 valence electrons. The molecule has 0 aromatic heterocycles. The molecular formula is C8H14N. The smallest absolute Gasteiger partial charge is 0.0164 e. The van der Waals surface area contributed by atoms with Crippen LogP contribution in [0, 0.1) is 11.8 Å². The summed E-state index contributed by atoms with van der Waals surface area (Å²) in [5.41, 5.74) is 0. The Morgan fingerprint density at radius 2 is 1.89 bits per heavy atom. The molecule has 9 heavy (non-hydrogen) atoms. The van der Waals surface area contributed by atoms with E-state index >= 15 is 0 Å². The zero-order chi connectivity index (χ0) is 6.10. The van der Waals surface area contributed by atoms with Crippen molar-refractivity contribution in [3.05, 3.63) is 0 Å². The summed E-state index contributed by atoms with van der Waals surface area (Å²) in [6.07, 6.45) is 5.84. The molecule has 2 rings (SSSR count). The number of nitrogens with zero attached hydrogens (tertiary/aromatic N) is 1. The normalized spacial score (nSPS) is 42.7. The van der Waals surface area contributed by atoms with E-state index in [2.05, 4.69) is 5.32 Å². The van der Waals surface area contributed by atoms with E-state index in [1.807, 2.05) is 0 Å². The van der Waals surface area contributed by atoms with Crippen molar-refractivity contribution in [1.29, 1.82) is 0 Å². The SMILES string of the molecule is C1C[C@@H]2CC[N]C[C@H]2C1. The van der Waals surface area contributed by atoms with Crippen molar-refractivity contribution in [3.8, 4) is 0 Å². The number of rotatable bonds is 0. The molecule has 1 heterocycles. The Morgan fingerprint density at radius 1 is 1.00 bits per heavy atom. The fraction of sp³-hybridized carbons (Fsp3) is 1.00. The minimum absolute atomic E-state index is 0.999. The quantitative estimate of drug-likeness (QED) is 0.463. The van der Waals surface area contributed by atoms with Gasteiger partial charge in [0.25, 0.3) is 0 Å². The highest BCUT2D eigenvalue weighted by Crippen LogP contribution is 2.35. The topological polar surface area (TPSA) is 14.1 Å². The van der Waals surface area contributed by atoms with Crippen LogP contribution in [0.3, 0.4) is 0 Å². The molecule has 2 aliphatic rings. The highest BCUT2D eigenvalue weighted by Gasteiger charge is 2.29. The summed E-state index contributed by atoms with van der Waals surface area (Å²) >= 11 is 0. The van der Waals surface area contributed by atoms with E-state index in [0.717, 1.165) is 18.4 Å². The third-order valence-electron chi connectivity index (χ3n) is 2.84. The molecule has 1 nitrogen and oxygen atoms in total. The highest BCUT2D eigenvalue weighted by atomic mass is 14.9. The maximum absolute atomic E-state index is 4.42. The van der Waals surface area contributed by atoms with Crippen LogP contribution in [0.25, 0.3) is 0 Å². The van der Waals surface area contributed by atoms with Gasteiger partial charge in [0.2, 0.25) is 0 Å². The molecule has 0 aromatic rings. The number of piperidine rings is 1. The first-order valence-corrected chi connectivity index (χ1v) is 4.10. The zero-order valence-electron chi connectivity index (χ0n) is 5.84. The van der Waals surface area contributed by atoms with Crippen LogP contribution in [-0.4, -0.2) is 13.1 Å². The first kappa shape index (κ1) is 5.72. The summed E-state index contributed by atoms with van der Waals surface area (Å²) in [6, 6.07) is 0. The van der Waals surface area contributed by atoms with Gasteiger partial charge < -0.3 is 0 Å². The zero-order valence-corrected chi connectivity index (χ0v) is 5.84. The predicted octanol–water partition coefficient (Wildman–Crippen LogP) is 1.41. The van der Waals surface area contributed by atoms with Gasteiger partial charge in [-0.25, -0.2) is 5.32 Å². The average molecular weight is 124 g/mol. The van der Waals surface area contributed by atoms with Crippen molar-refractivity contribution >= 4 is 0 Å². The van der Waals surface area contributed by atoms with Crippen molar-refractivity contribution in [1.82, 2.24) is 5.32 Å². The first-order chi connectivity index (χ1) is 4.47. The van der Waals surface area contributed by atoms with E-state index < -0.39 is 0 Å². The van der Waals surface area contributed by atoms with E-state index in [1.54, 1.807) is 0 Å². The van der Waals surface area contributed by atoms with Gasteiger partial charge in [-0.05, 0) is 24.7 Å². The monoisotopic (exact) mass is 124 g/mol. The average Bonchev–Trinajstić information content (AvgIpc) is 2.33. The number of fused-ring (bicyclic) bond motifs is 1. The van der Waals surface area contributed by atoms with Crippen molar-refractivity contribution in [2.75, 3.05) is 13.1 Å². The van der Waals surface area contributed by atoms with Gasteiger partial charge in [0.05, 0.1) is 0 Å². The van der Waals surface area contributed by atoms with Gasteiger partial charge in [-0.15, -0.1) is 0 Å². The maximum atomic E-state index is 4.42. The third-order valence-corrected chi connectivity index (χ3v) is 2.84. The Kier molecular flexibility index (Phi) is 1.46. The molecule has 0 bridgehead atoms.